The van der Waals surface area contributed by atoms with Crippen molar-refractivity contribution in [3.05, 3.63) is 0 Å². The Morgan fingerprint density at radius 2 is 2.00 bits per heavy atom. The van der Waals surface area contributed by atoms with E-state index in [0.717, 1.165) is 31.8 Å². The first-order valence-electron chi connectivity index (χ1n) is 8.09. The summed E-state index contributed by atoms with van der Waals surface area (Å²) in [7, 11) is 3.37. The molecule has 1 saturated heterocycles. The highest BCUT2D eigenvalue weighted by Crippen LogP contribution is 2.23. The lowest BCUT2D eigenvalue weighted by Gasteiger charge is -2.32. The van der Waals surface area contributed by atoms with Gasteiger partial charge in [-0.1, -0.05) is 0 Å². The quantitative estimate of drug-likeness (QED) is 0.549. The molecular formula is C15H29F3N4O. The highest BCUT2D eigenvalue weighted by atomic mass is 19.4. The predicted molar refractivity (Wildman–Crippen MR) is 85.7 cm³/mol. The van der Waals surface area contributed by atoms with Crippen LogP contribution in [0.5, 0.6) is 0 Å². The predicted octanol–water partition coefficient (Wildman–Crippen LogP) is 1.85. The molecule has 1 aliphatic heterocycles. The van der Waals surface area contributed by atoms with Crippen LogP contribution in [0.15, 0.2) is 4.99 Å². The van der Waals surface area contributed by atoms with Crippen molar-refractivity contribution in [3.8, 4) is 0 Å². The van der Waals surface area contributed by atoms with Crippen LogP contribution >= 0.6 is 0 Å². The molecule has 0 aromatic rings. The van der Waals surface area contributed by atoms with Crippen LogP contribution in [0.25, 0.3) is 0 Å². The smallest absolute Gasteiger partial charge is 0.383 e. The number of ether oxygens (including phenoxy) is 1. The number of alkyl halides is 3. The van der Waals surface area contributed by atoms with E-state index in [4.69, 9.17) is 4.74 Å². The van der Waals surface area contributed by atoms with Crippen LogP contribution in [0.2, 0.25) is 0 Å². The largest absolute Gasteiger partial charge is 0.401 e. The first kappa shape index (κ1) is 20.0. The van der Waals surface area contributed by atoms with Gasteiger partial charge in [0, 0.05) is 26.7 Å². The SMILES string of the molecule is CN=C(NCCC1CCN(CC(F)(F)F)CC1)NC(C)COC. The molecule has 8 heteroatoms. The van der Waals surface area contributed by atoms with Crippen LogP contribution in [0.4, 0.5) is 13.2 Å². The zero-order valence-electron chi connectivity index (χ0n) is 14.2. The number of guanidine groups is 1. The highest BCUT2D eigenvalue weighted by Gasteiger charge is 2.32. The fourth-order valence-corrected chi connectivity index (χ4v) is 2.80. The standard InChI is InChI=1S/C15H29F3N4O/c1-12(10-23-3)21-14(19-2)20-7-4-13-5-8-22(9-6-13)11-15(16,17)18/h12-13H,4-11H2,1-3H3,(H2,19,20,21). The Balaban J connectivity index is 2.19. The summed E-state index contributed by atoms with van der Waals surface area (Å²) in [5, 5.41) is 6.46. The van der Waals surface area contributed by atoms with Gasteiger partial charge in [0.15, 0.2) is 5.96 Å². The summed E-state index contributed by atoms with van der Waals surface area (Å²) >= 11 is 0. The van der Waals surface area contributed by atoms with E-state index in [2.05, 4.69) is 15.6 Å². The Hall–Kier alpha value is -1.02. The van der Waals surface area contributed by atoms with Crippen LogP contribution in [0.1, 0.15) is 26.2 Å². The van der Waals surface area contributed by atoms with Crippen molar-refractivity contribution in [1.82, 2.24) is 15.5 Å². The van der Waals surface area contributed by atoms with Gasteiger partial charge in [0.1, 0.15) is 0 Å². The van der Waals surface area contributed by atoms with E-state index in [1.54, 1.807) is 14.2 Å². The average molecular weight is 338 g/mol. The Kier molecular flexibility index (Phi) is 8.68. The maximum absolute atomic E-state index is 12.3. The minimum absolute atomic E-state index is 0.164. The Bertz CT molecular complexity index is 355. The Labute approximate surface area is 136 Å². The third-order valence-electron chi connectivity index (χ3n) is 3.98. The number of piperidine rings is 1. The van der Waals surface area contributed by atoms with Gasteiger partial charge in [-0.3, -0.25) is 9.89 Å². The monoisotopic (exact) mass is 338 g/mol. The van der Waals surface area contributed by atoms with Crippen molar-refractivity contribution in [2.24, 2.45) is 10.9 Å². The molecule has 1 atom stereocenters. The van der Waals surface area contributed by atoms with Gasteiger partial charge in [-0.05, 0) is 45.2 Å². The molecule has 0 bridgehead atoms. The summed E-state index contributed by atoms with van der Waals surface area (Å²) in [6, 6.07) is 0.164. The molecular weight excluding hydrogens is 309 g/mol. The van der Waals surface area contributed by atoms with Gasteiger partial charge >= 0.3 is 6.18 Å². The Morgan fingerprint density at radius 3 is 2.52 bits per heavy atom. The molecule has 0 radical (unpaired) electrons. The summed E-state index contributed by atoms with van der Waals surface area (Å²) in [6.45, 7) is 3.64. The molecule has 1 fully saturated rings. The topological polar surface area (TPSA) is 48.9 Å². The summed E-state index contributed by atoms with van der Waals surface area (Å²) in [6.07, 6.45) is -1.50. The third kappa shape index (κ3) is 9.00. The second-order valence-corrected chi connectivity index (χ2v) is 6.12. The normalized spacial score (nSPS) is 19.7. The summed E-state index contributed by atoms with van der Waals surface area (Å²) in [5.41, 5.74) is 0. The number of nitrogens with one attached hydrogen (secondary N) is 2. The van der Waals surface area contributed by atoms with E-state index in [-0.39, 0.29) is 6.04 Å². The minimum Gasteiger partial charge on any atom is -0.383 e. The van der Waals surface area contributed by atoms with Gasteiger partial charge < -0.3 is 15.4 Å². The van der Waals surface area contributed by atoms with E-state index in [9.17, 15) is 13.2 Å². The van der Waals surface area contributed by atoms with Crippen LogP contribution < -0.4 is 10.6 Å². The number of methoxy groups -OCH3 is 1. The van der Waals surface area contributed by atoms with Crippen molar-refractivity contribution in [2.45, 2.75) is 38.4 Å². The van der Waals surface area contributed by atoms with Crippen molar-refractivity contribution in [1.29, 1.82) is 0 Å². The van der Waals surface area contributed by atoms with Crippen molar-refractivity contribution >= 4 is 5.96 Å². The van der Waals surface area contributed by atoms with Gasteiger partial charge in [0.2, 0.25) is 0 Å². The lowest BCUT2D eigenvalue weighted by atomic mass is 9.93. The van der Waals surface area contributed by atoms with Crippen LogP contribution in [-0.2, 0) is 4.74 Å². The zero-order chi connectivity index (χ0) is 17.3. The molecule has 2 N–H and O–H groups in total. The second kappa shape index (κ2) is 9.97. The fourth-order valence-electron chi connectivity index (χ4n) is 2.80. The maximum atomic E-state index is 12.3. The minimum atomic E-state index is -4.09. The van der Waals surface area contributed by atoms with Gasteiger partial charge in [-0.2, -0.15) is 13.2 Å². The number of aliphatic imine (C=N–C) groups is 1. The summed E-state index contributed by atoms with van der Waals surface area (Å²) in [4.78, 5) is 5.65. The lowest BCUT2D eigenvalue weighted by Crippen LogP contribution is -2.45. The highest BCUT2D eigenvalue weighted by molar-refractivity contribution is 5.79. The number of hydrogen-bond donors (Lipinski definition) is 2. The molecule has 0 aliphatic carbocycles. The van der Waals surface area contributed by atoms with Crippen LogP contribution in [0, 0.1) is 5.92 Å². The second-order valence-electron chi connectivity index (χ2n) is 6.12. The van der Waals surface area contributed by atoms with Gasteiger partial charge in [-0.25, -0.2) is 0 Å². The summed E-state index contributed by atoms with van der Waals surface area (Å²) in [5.74, 6) is 1.20. The molecule has 1 rings (SSSR count). The van der Waals surface area contributed by atoms with E-state index < -0.39 is 12.7 Å². The van der Waals surface area contributed by atoms with E-state index in [1.807, 2.05) is 6.92 Å². The van der Waals surface area contributed by atoms with Crippen LogP contribution in [-0.4, -0.2) is 70.0 Å². The van der Waals surface area contributed by atoms with Crippen LogP contribution in [0.3, 0.4) is 0 Å². The first-order chi connectivity index (χ1) is 10.8. The third-order valence-corrected chi connectivity index (χ3v) is 3.98. The molecule has 23 heavy (non-hydrogen) atoms. The summed E-state index contributed by atoms with van der Waals surface area (Å²) < 4.78 is 42.1. The molecule has 0 amide bonds. The molecule has 1 heterocycles. The molecule has 1 unspecified atom stereocenters. The van der Waals surface area contributed by atoms with Crippen molar-refractivity contribution < 1.29 is 17.9 Å². The Morgan fingerprint density at radius 1 is 1.35 bits per heavy atom. The maximum Gasteiger partial charge on any atom is 0.401 e. The molecule has 5 nitrogen and oxygen atoms in total. The van der Waals surface area contributed by atoms with Crippen molar-refractivity contribution in [2.75, 3.05) is 46.9 Å². The number of likely N-dealkylation sites (tertiary alicyclic amines) is 1. The molecule has 0 saturated carbocycles. The molecule has 1 aliphatic rings. The number of nitrogens with zero attached hydrogens (tertiary/aromatic N) is 2. The van der Waals surface area contributed by atoms with Crippen molar-refractivity contribution in [3.63, 3.8) is 0 Å². The molecule has 0 spiro atoms. The zero-order valence-corrected chi connectivity index (χ0v) is 14.2. The number of halogens is 3. The van der Waals surface area contributed by atoms with E-state index >= 15 is 0 Å². The van der Waals surface area contributed by atoms with Gasteiger partial charge in [0.25, 0.3) is 0 Å². The van der Waals surface area contributed by atoms with Gasteiger partial charge in [-0.15, -0.1) is 0 Å². The molecule has 136 valence electrons. The number of rotatable bonds is 7. The van der Waals surface area contributed by atoms with E-state index in [0.29, 0.717) is 25.6 Å². The van der Waals surface area contributed by atoms with E-state index in [1.165, 1.54) is 4.90 Å². The fraction of sp³-hybridized carbons (Fsp3) is 0.933. The first-order valence-corrected chi connectivity index (χ1v) is 8.09. The lowest BCUT2D eigenvalue weighted by molar-refractivity contribution is -0.148. The van der Waals surface area contributed by atoms with Gasteiger partial charge in [0.05, 0.1) is 13.2 Å². The number of hydrogen-bond acceptors (Lipinski definition) is 3. The molecule has 0 aromatic carbocycles. The average Bonchev–Trinajstić information content (AvgIpc) is 2.46. The molecule has 0 aromatic heterocycles.